The van der Waals surface area contributed by atoms with E-state index in [1.54, 1.807) is 20.1 Å². The van der Waals surface area contributed by atoms with E-state index in [2.05, 4.69) is 5.32 Å². The number of hydrogen-bond donors (Lipinski definition) is 3. The number of phenols is 2. The lowest BCUT2D eigenvalue weighted by molar-refractivity contribution is -0.148. The van der Waals surface area contributed by atoms with Crippen LogP contribution in [0.5, 0.6) is 17.2 Å². The Labute approximate surface area is 152 Å². The van der Waals surface area contributed by atoms with Crippen molar-refractivity contribution in [2.45, 2.75) is 18.9 Å². The quantitative estimate of drug-likeness (QED) is 0.563. The van der Waals surface area contributed by atoms with E-state index in [0.29, 0.717) is 13.2 Å². The lowest BCUT2D eigenvalue weighted by atomic mass is 9.83. The summed E-state index contributed by atoms with van der Waals surface area (Å²) < 4.78 is 10.5. The van der Waals surface area contributed by atoms with Gasteiger partial charge in [-0.05, 0) is 42.3 Å². The first kappa shape index (κ1) is 18.1. The lowest BCUT2D eigenvalue weighted by Gasteiger charge is -2.23. The van der Waals surface area contributed by atoms with E-state index in [-0.39, 0.29) is 29.4 Å². The highest BCUT2D eigenvalue weighted by atomic mass is 16.5. The van der Waals surface area contributed by atoms with E-state index in [1.165, 1.54) is 12.1 Å². The molecule has 138 valence electrons. The zero-order valence-corrected chi connectivity index (χ0v) is 14.8. The molecule has 3 N–H and O–H groups in total. The summed E-state index contributed by atoms with van der Waals surface area (Å²) >= 11 is 0. The molecule has 0 saturated carbocycles. The van der Waals surface area contributed by atoms with Crippen molar-refractivity contribution in [2.24, 2.45) is 5.92 Å². The van der Waals surface area contributed by atoms with Gasteiger partial charge in [0, 0.05) is 18.5 Å². The van der Waals surface area contributed by atoms with Crippen molar-refractivity contribution in [1.82, 2.24) is 5.32 Å². The van der Waals surface area contributed by atoms with Crippen molar-refractivity contribution >= 4 is 5.97 Å². The fraction of sp³-hybridized carbons (Fsp3) is 0.350. The van der Waals surface area contributed by atoms with Crippen molar-refractivity contribution in [3.63, 3.8) is 0 Å². The molecule has 0 aromatic heterocycles. The largest absolute Gasteiger partial charge is 0.504 e. The highest BCUT2D eigenvalue weighted by molar-refractivity contribution is 5.76. The van der Waals surface area contributed by atoms with Crippen molar-refractivity contribution in [3.05, 3.63) is 53.6 Å². The molecule has 2 aromatic carbocycles. The van der Waals surface area contributed by atoms with E-state index in [9.17, 15) is 15.0 Å². The predicted molar refractivity (Wildman–Crippen MR) is 96.4 cm³/mol. The highest BCUT2D eigenvalue weighted by Crippen LogP contribution is 2.42. The van der Waals surface area contributed by atoms with Crippen LogP contribution in [-0.2, 0) is 9.53 Å². The van der Waals surface area contributed by atoms with Crippen LogP contribution >= 0.6 is 0 Å². The van der Waals surface area contributed by atoms with Gasteiger partial charge in [0.05, 0.1) is 19.6 Å². The smallest absolute Gasteiger partial charge is 0.311 e. The Kier molecular flexibility index (Phi) is 5.32. The third kappa shape index (κ3) is 3.46. The minimum absolute atomic E-state index is 0.173. The molecular formula is C20H23NO5. The molecule has 1 saturated heterocycles. The normalized spacial score (nSPS) is 22.2. The van der Waals surface area contributed by atoms with Gasteiger partial charge in [0.25, 0.3) is 0 Å². The van der Waals surface area contributed by atoms with Crippen LogP contribution < -0.4 is 10.1 Å². The summed E-state index contributed by atoms with van der Waals surface area (Å²) in [7, 11) is 1.61. The Bertz CT molecular complexity index is 774. The third-order valence-corrected chi connectivity index (χ3v) is 4.81. The summed E-state index contributed by atoms with van der Waals surface area (Å²) in [6, 6.07) is 12.0. The van der Waals surface area contributed by atoms with E-state index < -0.39 is 5.92 Å². The van der Waals surface area contributed by atoms with Crippen LogP contribution in [0.1, 0.15) is 30.0 Å². The first-order valence-corrected chi connectivity index (χ1v) is 8.61. The molecule has 1 aliphatic heterocycles. The van der Waals surface area contributed by atoms with Gasteiger partial charge < -0.3 is 25.0 Å². The number of nitrogens with one attached hydrogen (secondary N) is 1. The average Bonchev–Trinajstić information content (AvgIpc) is 3.09. The first-order chi connectivity index (χ1) is 12.5. The third-order valence-electron chi connectivity index (χ3n) is 4.81. The highest BCUT2D eigenvalue weighted by Gasteiger charge is 2.43. The van der Waals surface area contributed by atoms with E-state index >= 15 is 0 Å². The van der Waals surface area contributed by atoms with Gasteiger partial charge in [-0.3, -0.25) is 4.79 Å². The number of ether oxygens (including phenoxy) is 2. The molecule has 3 unspecified atom stereocenters. The number of hydrogen-bond acceptors (Lipinski definition) is 6. The van der Waals surface area contributed by atoms with Gasteiger partial charge in [-0.1, -0.05) is 18.2 Å². The molecule has 6 heteroatoms. The molecule has 3 rings (SSSR count). The number of rotatable bonds is 5. The molecule has 2 aromatic rings. The summed E-state index contributed by atoms with van der Waals surface area (Å²) in [5.74, 6) is -0.521. The number of esters is 1. The Morgan fingerprint density at radius 2 is 1.81 bits per heavy atom. The van der Waals surface area contributed by atoms with Gasteiger partial charge in [-0.2, -0.15) is 0 Å². The van der Waals surface area contributed by atoms with Gasteiger partial charge >= 0.3 is 5.97 Å². The summed E-state index contributed by atoms with van der Waals surface area (Å²) in [5, 5.41) is 22.8. The van der Waals surface area contributed by atoms with Crippen LogP contribution in [-0.4, -0.2) is 36.4 Å². The molecular weight excluding hydrogens is 334 g/mol. The molecule has 1 aliphatic rings. The Morgan fingerprint density at radius 3 is 2.42 bits per heavy atom. The summed E-state index contributed by atoms with van der Waals surface area (Å²) in [5.41, 5.74) is 1.75. The molecule has 1 fully saturated rings. The van der Waals surface area contributed by atoms with Gasteiger partial charge in [0.1, 0.15) is 5.75 Å². The maximum atomic E-state index is 12.7. The Balaban J connectivity index is 1.94. The van der Waals surface area contributed by atoms with Crippen LogP contribution in [0.25, 0.3) is 0 Å². The Hall–Kier alpha value is -2.73. The second-order valence-electron chi connectivity index (χ2n) is 6.29. The second-order valence-corrected chi connectivity index (χ2v) is 6.29. The van der Waals surface area contributed by atoms with E-state index in [1.807, 2.05) is 24.3 Å². The average molecular weight is 357 g/mol. The summed E-state index contributed by atoms with van der Waals surface area (Å²) in [4.78, 5) is 12.7. The van der Waals surface area contributed by atoms with Crippen molar-refractivity contribution in [2.75, 3.05) is 20.3 Å². The van der Waals surface area contributed by atoms with Crippen LogP contribution in [0.15, 0.2) is 42.5 Å². The summed E-state index contributed by atoms with van der Waals surface area (Å²) in [6.45, 7) is 2.65. The second kappa shape index (κ2) is 7.66. The maximum absolute atomic E-state index is 12.7. The first-order valence-electron chi connectivity index (χ1n) is 8.61. The Morgan fingerprint density at radius 1 is 1.12 bits per heavy atom. The van der Waals surface area contributed by atoms with Crippen LogP contribution in [0.4, 0.5) is 0 Å². The minimum atomic E-state index is -0.438. The van der Waals surface area contributed by atoms with E-state index in [4.69, 9.17) is 9.47 Å². The fourth-order valence-electron chi connectivity index (χ4n) is 3.51. The number of phenolic OH excluding ortho intramolecular Hbond substituents is 2. The molecule has 0 aliphatic carbocycles. The molecule has 0 amide bonds. The van der Waals surface area contributed by atoms with Gasteiger partial charge in [0.2, 0.25) is 0 Å². The standard InChI is InChI=1S/C20H23NO5/c1-3-26-20(24)18-15(13-6-9-16(22)17(23)10-13)11-21-19(18)12-4-7-14(25-2)8-5-12/h4-10,15,18-19,21-23H,3,11H2,1-2H3. The van der Waals surface area contributed by atoms with Gasteiger partial charge in [-0.15, -0.1) is 0 Å². The van der Waals surface area contributed by atoms with Crippen molar-refractivity contribution in [3.8, 4) is 17.2 Å². The molecule has 6 nitrogen and oxygen atoms in total. The van der Waals surface area contributed by atoms with Gasteiger partial charge in [-0.25, -0.2) is 0 Å². The van der Waals surface area contributed by atoms with Gasteiger partial charge in [0.15, 0.2) is 11.5 Å². The topological polar surface area (TPSA) is 88.0 Å². The molecule has 1 heterocycles. The zero-order chi connectivity index (χ0) is 18.7. The summed E-state index contributed by atoms with van der Waals surface area (Å²) in [6.07, 6.45) is 0. The minimum Gasteiger partial charge on any atom is -0.504 e. The SMILES string of the molecule is CCOC(=O)C1C(c2ccc(O)c(O)c2)CNC1c1ccc(OC)cc1. The molecule has 3 atom stereocenters. The lowest BCUT2D eigenvalue weighted by Crippen LogP contribution is -2.27. The number of methoxy groups -OCH3 is 1. The number of carbonyl (C=O) groups is 1. The van der Waals surface area contributed by atoms with Crippen LogP contribution in [0, 0.1) is 5.92 Å². The van der Waals surface area contributed by atoms with Crippen LogP contribution in [0.2, 0.25) is 0 Å². The monoisotopic (exact) mass is 357 g/mol. The number of benzene rings is 2. The molecule has 26 heavy (non-hydrogen) atoms. The van der Waals surface area contributed by atoms with E-state index in [0.717, 1.165) is 16.9 Å². The predicted octanol–water partition coefficient (Wildman–Crippen LogP) is 2.71. The number of carbonyl (C=O) groups excluding carboxylic acids is 1. The molecule has 0 radical (unpaired) electrons. The van der Waals surface area contributed by atoms with Crippen LogP contribution in [0.3, 0.4) is 0 Å². The molecule has 0 bridgehead atoms. The van der Waals surface area contributed by atoms with Crippen molar-refractivity contribution in [1.29, 1.82) is 0 Å². The van der Waals surface area contributed by atoms with Crippen molar-refractivity contribution < 1.29 is 24.5 Å². The fourth-order valence-corrected chi connectivity index (χ4v) is 3.51. The number of aromatic hydroxyl groups is 2. The zero-order valence-electron chi connectivity index (χ0n) is 14.8. The maximum Gasteiger partial charge on any atom is 0.311 e. The molecule has 0 spiro atoms.